The molecule has 0 radical (unpaired) electrons. The molecule has 4 heterocycles. The second-order valence-corrected chi connectivity index (χ2v) is 42.3. The average Bonchev–Trinajstić information content (AvgIpc) is 1.52. The first-order valence-electron chi connectivity index (χ1n) is 44.9. The Kier molecular flexibility index (Phi) is 14.7. The van der Waals surface area contributed by atoms with E-state index in [2.05, 4.69) is 385 Å². The van der Waals surface area contributed by atoms with Crippen LogP contribution in [0.15, 0.2) is 255 Å². The molecule has 0 aromatic heterocycles. The van der Waals surface area contributed by atoms with Crippen LogP contribution in [0.5, 0.6) is 0 Å². The lowest BCUT2D eigenvalue weighted by molar-refractivity contribution is 0.0484. The van der Waals surface area contributed by atoms with Crippen molar-refractivity contribution in [3.05, 3.63) is 277 Å². The fourth-order valence-electron chi connectivity index (χ4n) is 28.8. The minimum Gasteiger partial charge on any atom is -0.334 e. The van der Waals surface area contributed by atoms with Crippen molar-refractivity contribution >= 4 is 110 Å². The van der Waals surface area contributed by atoms with Gasteiger partial charge in [-0.15, -0.1) is 0 Å². The summed E-state index contributed by atoms with van der Waals surface area (Å²) in [5.41, 5.74) is 25.9. The Morgan fingerprint density at radius 2 is 0.407 bits per heavy atom. The largest absolute Gasteiger partial charge is 0.334 e. The van der Waals surface area contributed by atoms with E-state index >= 15 is 0 Å². The highest BCUT2D eigenvalue weighted by Crippen LogP contribution is 2.72. The summed E-state index contributed by atoms with van der Waals surface area (Å²) in [6.45, 7) is 41.3. The molecule has 15 aromatic carbocycles. The lowest BCUT2D eigenvalue weighted by atomic mass is 9.51. The molecule has 8 unspecified atom stereocenters. The van der Waals surface area contributed by atoms with Crippen LogP contribution in [0.4, 0.5) is 45.5 Å². The lowest BCUT2D eigenvalue weighted by Gasteiger charge is -2.59. The molecule has 4 nitrogen and oxygen atoms in total. The summed E-state index contributed by atoms with van der Waals surface area (Å²) in [5.74, 6) is 0. The summed E-state index contributed by atoms with van der Waals surface area (Å²) in [6, 6.07) is 102. The predicted molar refractivity (Wildman–Crippen MR) is 503 cm³/mol. The van der Waals surface area contributed by atoms with E-state index in [0.717, 1.165) is 25.7 Å². The van der Waals surface area contributed by atoms with Gasteiger partial charge >= 0.3 is 0 Å². The number of hydrogen-bond donors (Lipinski definition) is 0. The van der Waals surface area contributed by atoms with Gasteiger partial charge in [0.15, 0.2) is 0 Å². The second kappa shape index (κ2) is 23.8. The van der Waals surface area contributed by atoms with Gasteiger partial charge in [0.1, 0.15) is 0 Å². The van der Waals surface area contributed by atoms with Crippen molar-refractivity contribution in [2.24, 2.45) is 21.7 Å². The predicted octanol–water partition coefficient (Wildman–Crippen LogP) is 31.7. The Morgan fingerprint density at radius 3 is 0.619 bits per heavy atom. The number of para-hydroxylation sites is 4. The van der Waals surface area contributed by atoms with Crippen LogP contribution in [0.3, 0.4) is 0 Å². The molecule has 8 aliphatic rings. The maximum absolute atomic E-state index is 2.77. The Hall–Kier alpha value is -10.4. The number of nitrogens with zero attached hydrogens (tertiary/aromatic N) is 4. The molecule has 4 aliphatic carbocycles. The van der Waals surface area contributed by atoms with Gasteiger partial charge in [0.25, 0.3) is 0 Å². The lowest BCUT2D eigenvalue weighted by Crippen LogP contribution is -2.64. The van der Waals surface area contributed by atoms with Crippen molar-refractivity contribution in [3.8, 4) is 44.5 Å². The molecule has 4 saturated carbocycles. The van der Waals surface area contributed by atoms with Crippen LogP contribution in [0.2, 0.25) is 0 Å². The van der Waals surface area contributed by atoms with Crippen LogP contribution < -0.4 is 19.6 Å². The summed E-state index contributed by atoms with van der Waals surface area (Å²) in [6.07, 6.45) is 14.2. The molecule has 8 atom stereocenters. The van der Waals surface area contributed by atoms with Crippen molar-refractivity contribution in [1.29, 1.82) is 0 Å². The molecule has 0 amide bonds. The molecule has 0 bridgehead atoms. The van der Waals surface area contributed by atoms with Crippen LogP contribution in [0, 0.1) is 21.7 Å². The van der Waals surface area contributed by atoms with E-state index in [4.69, 9.17) is 0 Å². The Balaban J connectivity index is 0.767. The zero-order valence-electron chi connectivity index (χ0n) is 72.5. The number of benzene rings is 13. The minimum absolute atomic E-state index is 0.0423. The van der Waals surface area contributed by atoms with Crippen molar-refractivity contribution in [1.82, 2.24) is 0 Å². The maximum Gasteiger partial charge on any atom is 0.0568 e. The fourth-order valence-corrected chi connectivity index (χ4v) is 28.8. The molecule has 118 heavy (non-hydrogen) atoms. The van der Waals surface area contributed by atoms with Crippen molar-refractivity contribution in [2.45, 2.75) is 232 Å². The minimum atomic E-state index is -0.168. The highest BCUT2D eigenvalue weighted by atomic mass is 15.3. The van der Waals surface area contributed by atoms with Crippen molar-refractivity contribution in [2.75, 3.05) is 19.6 Å². The highest BCUT2D eigenvalue weighted by Gasteiger charge is 2.69. The quantitative estimate of drug-likeness (QED) is 0.150. The molecular weight excluding hydrogens is 1430 g/mol. The molecule has 4 fully saturated rings. The SMILES string of the molecule is CC1(C)CCCC2(C)c3cc(-c4ccc5c6cc7c(cc6c6ccc(-c8ccc9c(c8)C8(C)CCCC(C)(C)C8(C)N9c8ccccc8)c4c56)c4ccc(-c5ccc6c(c5)C5(C)CCCC(C)(C)C5(C)N6c5ccccc5)c5c(-c6ccc8c(c6)C6(C)CCCC(C)(C)C6(C)N8c6ccccc6)ccc7c54)ccc3N(c3ccccc3)C12C. The number of fused-ring (bicyclic) bond motifs is 18. The van der Waals surface area contributed by atoms with E-state index < -0.39 is 0 Å². The first-order valence-corrected chi connectivity index (χ1v) is 44.9. The van der Waals surface area contributed by atoms with E-state index in [1.807, 2.05) is 0 Å². The Bertz CT molecular complexity index is 5950. The molecule has 0 saturated heterocycles. The molecule has 0 N–H and O–H groups in total. The topological polar surface area (TPSA) is 13.0 Å². The van der Waals surface area contributed by atoms with Gasteiger partial charge in [-0.3, -0.25) is 0 Å². The van der Waals surface area contributed by atoms with Gasteiger partial charge in [0, 0.05) is 67.2 Å². The standard InChI is InChI=1S/C114H114N4/c1-103(2)57-29-61-107(9)91-65-71(41-53-95(91)115(111(103,107)13)75-33-21-17-22-34-75)79-45-49-83-87-69-89-85-51-47-81(73-43-55-97-93(67-73)109(11)63-31-59-105(5,6)113(109,15)117(97)77-37-25-19-26-38-77)100-82(74-44-56-98-94(68-74)110(12)64-32-60-106(7,8)114(110,16)118(98)78-39-27-20-28-40-78)48-52-86(102(85)100)90(89)70-88(87)84-50-46-80(99(79)101(83)84)72-42-54-96-92(66-72)108(10)62-30-58-104(3,4)112(108,14)116(96)76-35-23-18-24-36-76/h17-28,33-56,65-70H,29-32,57-64H2,1-16H3. The van der Waals surface area contributed by atoms with Gasteiger partial charge < -0.3 is 19.6 Å². The molecule has 23 rings (SSSR count). The van der Waals surface area contributed by atoms with E-state index in [0.29, 0.717) is 0 Å². The van der Waals surface area contributed by atoms with Crippen LogP contribution in [-0.2, 0) is 21.7 Å². The van der Waals surface area contributed by atoms with Gasteiger partial charge in [0.2, 0.25) is 0 Å². The molecule has 0 spiro atoms. The van der Waals surface area contributed by atoms with Gasteiger partial charge in [-0.1, -0.05) is 254 Å². The van der Waals surface area contributed by atoms with E-state index in [1.54, 1.807) is 0 Å². The third-order valence-electron chi connectivity index (χ3n) is 36.5. The summed E-state index contributed by atoms with van der Waals surface area (Å²) in [7, 11) is 0. The first kappa shape index (κ1) is 72.8. The first-order chi connectivity index (χ1) is 56.5. The molecule has 4 heteroatoms. The zero-order chi connectivity index (χ0) is 81.0. The Morgan fingerprint density at radius 1 is 0.195 bits per heavy atom. The van der Waals surface area contributed by atoms with Crippen LogP contribution in [0.1, 0.15) is 210 Å². The summed E-state index contributed by atoms with van der Waals surface area (Å²) < 4.78 is 0. The zero-order valence-corrected chi connectivity index (χ0v) is 72.5. The molecule has 15 aromatic rings. The Labute approximate surface area is 700 Å². The summed E-state index contributed by atoms with van der Waals surface area (Å²) in [5, 5.41) is 16.1. The van der Waals surface area contributed by atoms with Crippen LogP contribution in [-0.4, -0.2) is 22.2 Å². The third-order valence-corrected chi connectivity index (χ3v) is 36.5. The monoisotopic (exact) mass is 1540 g/mol. The van der Waals surface area contributed by atoms with Gasteiger partial charge in [-0.25, -0.2) is 0 Å². The van der Waals surface area contributed by atoms with E-state index in [1.165, 1.54) is 228 Å². The third kappa shape index (κ3) is 8.64. The number of hydrogen-bond acceptors (Lipinski definition) is 4. The smallest absolute Gasteiger partial charge is 0.0568 e. The van der Waals surface area contributed by atoms with Gasteiger partial charge in [-0.2, -0.15) is 0 Å². The number of anilines is 8. The van der Waals surface area contributed by atoms with E-state index in [9.17, 15) is 0 Å². The summed E-state index contributed by atoms with van der Waals surface area (Å²) in [4.78, 5) is 11.1. The maximum atomic E-state index is 2.77. The molecule has 590 valence electrons. The fraction of sp³-hybridized carbons (Fsp3) is 0.351. The average molecular weight is 1540 g/mol. The second-order valence-electron chi connectivity index (χ2n) is 42.3. The van der Waals surface area contributed by atoms with Crippen molar-refractivity contribution < 1.29 is 0 Å². The number of rotatable bonds is 8. The van der Waals surface area contributed by atoms with Crippen molar-refractivity contribution in [3.63, 3.8) is 0 Å². The van der Waals surface area contributed by atoms with Gasteiger partial charge in [0.05, 0.1) is 22.2 Å². The molecular formula is C114H114N4. The normalized spacial score (nSPS) is 28.1. The summed E-state index contributed by atoms with van der Waals surface area (Å²) >= 11 is 0. The highest BCUT2D eigenvalue weighted by molar-refractivity contribution is 6.40. The molecule has 4 aliphatic heterocycles. The van der Waals surface area contributed by atoms with E-state index in [-0.39, 0.29) is 65.5 Å². The van der Waals surface area contributed by atoms with Crippen LogP contribution >= 0.6 is 0 Å². The van der Waals surface area contributed by atoms with Gasteiger partial charge in [-0.05, 0) is 341 Å². The van der Waals surface area contributed by atoms with Crippen LogP contribution in [0.25, 0.3) is 109 Å².